The quantitative estimate of drug-likeness (QED) is 0.901. The predicted octanol–water partition coefficient (Wildman–Crippen LogP) is 3.20. The van der Waals surface area contributed by atoms with Gasteiger partial charge in [0.2, 0.25) is 0 Å². The average molecular weight is 259 g/mol. The Morgan fingerprint density at radius 2 is 1.95 bits per heavy atom. The summed E-state index contributed by atoms with van der Waals surface area (Å²) in [6, 6.07) is 7.80. The smallest absolute Gasteiger partial charge is 0.132 e. The Morgan fingerprint density at radius 3 is 2.47 bits per heavy atom. The summed E-state index contributed by atoms with van der Waals surface area (Å²) in [6.07, 6.45) is 0. The fourth-order valence-electron chi connectivity index (χ4n) is 2.38. The highest BCUT2D eigenvalue weighted by molar-refractivity contribution is 5.72. The van der Waals surface area contributed by atoms with Gasteiger partial charge in [0.05, 0.1) is 7.11 Å². The molecule has 4 heteroatoms. The molecule has 0 fully saturated rings. The van der Waals surface area contributed by atoms with Gasteiger partial charge < -0.3 is 15.0 Å². The second kappa shape index (κ2) is 4.61. The van der Waals surface area contributed by atoms with E-state index in [-0.39, 0.29) is 5.54 Å². The van der Waals surface area contributed by atoms with E-state index < -0.39 is 0 Å². The fraction of sp³-hybridized carbons (Fsp3) is 0.400. The molecule has 1 aromatic heterocycles. The molecule has 0 saturated carbocycles. The number of aromatic nitrogens is 2. The molecule has 2 rings (SSSR count). The van der Waals surface area contributed by atoms with Crippen molar-refractivity contribution in [1.82, 2.24) is 9.55 Å². The number of nitrogen functional groups attached to an aromatic ring is 1. The first-order valence-corrected chi connectivity index (χ1v) is 6.34. The number of aryl methyl sites for hydroxylation is 1. The Bertz CT molecular complexity index is 594. The molecule has 0 bridgehead atoms. The molecule has 2 N–H and O–H groups in total. The zero-order valence-electron chi connectivity index (χ0n) is 12.2. The van der Waals surface area contributed by atoms with Crippen LogP contribution in [0.5, 0.6) is 5.75 Å². The Morgan fingerprint density at radius 1 is 1.26 bits per heavy atom. The monoisotopic (exact) mass is 259 g/mol. The van der Waals surface area contributed by atoms with Crippen LogP contribution in [0, 0.1) is 6.92 Å². The highest BCUT2D eigenvalue weighted by atomic mass is 16.5. The van der Waals surface area contributed by atoms with E-state index in [1.807, 2.05) is 31.2 Å². The largest absolute Gasteiger partial charge is 0.497 e. The molecule has 0 atom stereocenters. The van der Waals surface area contributed by atoms with Crippen LogP contribution in [0.2, 0.25) is 0 Å². The second-order valence-electron chi connectivity index (χ2n) is 5.63. The molecule has 0 aliphatic carbocycles. The number of ether oxygens (including phenoxy) is 1. The molecule has 0 unspecified atom stereocenters. The lowest BCUT2D eigenvalue weighted by Gasteiger charge is -2.24. The van der Waals surface area contributed by atoms with E-state index in [9.17, 15) is 0 Å². The van der Waals surface area contributed by atoms with Gasteiger partial charge in [0, 0.05) is 11.1 Å². The van der Waals surface area contributed by atoms with Crippen molar-refractivity contribution in [2.45, 2.75) is 33.2 Å². The summed E-state index contributed by atoms with van der Waals surface area (Å²) >= 11 is 0. The first kappa shape index (κ1) is 13.5. The van der Waals surface area contributed by atoms with Gasteiger partial charge in [0.1, 0.15) is 23.1 Å². The second-order valence-corrected chi connectivity index (χ2v) is 5.63. The molecule has 0 spiro atoms. The van der Waals surface area contributed by atoms with Gasteiger partial charge >= 0.3 is 0 Å². The van der Waals surface area contributed by atoms with Crippen molar-refractivity contribution in [2.24, 2.45) is 0 Å². The SMILES string of the molecule is COc1cccc(-c2nc(C)n(C(C)(C)C)c2N)c1. The Balaban J connectivity index is 2.58. The summed E-state index contributed by atoms with van der Waals surface area (Å²) in [5.41, 5.74) is 7.97. The molecule has 2 aromatic rings. The third-order valence-electron chi connectivity index (χ3n) is 3.09. The van der Waals surface area contributed by atoms with Gasteiger partial charge in [-0.05, 0) is 39.8 Å². The molecule has 102 valence electrons. The predicted molar refractivity (Wildman–Crippen MR) is 78.4 cm³/mol. The summed E-state index contributed by atoms with van der Waals surface area (Å²) in [5.74, 6) is 2.42. The molecule has 1 heterocycles. The van der Waals surface area contributed by atoms with Crippen LogP contribution >= 0.6 is 0 Å². The maximum Gasteiger partial charge on any atom is 0.132 e. The lowest BCUT2D eigenvalue weighted by molar-refractivity contribution is 0.393. The first-order valence-electron chi connectivity index (χ1n) is 6.34. The molecular weight excluding hydrogens is 238 g/mol. The van der Waals surface area contributed by atoms with Crippen molar-refractivity contribution in [1.29, 1.82) is 0 Å². The maximum atomic E-state index is 6.27. The first-order chi connectivity index (χ1) is 8.84. The molecule has 0 amide bonds. The van der Waals surface area contributed by atoms with E-state index in [2.05, 4.69) is 30.3 Å². The summed E-state index contributed by atoms with van der Waals surface area (Å²) in [5, 5.41) is 0. The number of hydrogen-bond donors (Lipinski definition) is 1. The van der Waals surface area contributed by atoms with Gasteiger partial charge in [0.25, 0.3) is 0 Å². The van der Waals surface area contributed by atoms with Crippen LogP contribution < -0.4 is 10.5 Å². The number of nitrogens with zero attached hydrogens (tertiary/aromatic N) is 2. The van der Waals surface area contributed by atoms with E-state index in [4.69, 9.17) is 10.5 Å². The summed E-state index contributed by atoms with van der Waals surface area (Å²) in [7, 11) is 1.65. The van der Waals surface area contributed by atoms with Crippen molar-refractivity contribution in [2.75, 3.05) is 12.8 Å². The summed E-state index contributed by atoms with van der Waals surface area (Å²) in [6.45, 7) is 8.33. The number of methoxy groups -OCH3 is 1. The lowest BCUT2D eigenvalue weighted by atomic mass is 10.1. The van der Waals surface area contributed by atoms with E-state index in [1.165, 1.54) is 0 Å². The van der Waals surface area contributed by atoms with Crippen LogP contribution in [-0.4, -0.2) is 16.7 Å². The molecule has 19 heavy (non-hydrogen) atoms. The molecular formula is C15H21N3O. The van der Waals surface area contributed by atoms with Crippen LogP contribution in [0.3, 0.4) is 0 Å². The van der Waals surface area contributed by atoms with Gasteiger partial charge in [0.15, 0.2) is 0 Å². The van der Waals surface area contributed by atoms with Gasteiger partial charge in [-0.15, -0.1) is 0 Å². The normalized spacial score (nSPS) is 11.6. The molecule has 0 saturated heterocycles. The van der Waals surface area contributed by atoms with Gasteiger partial charge in [-0.1, -0.05) is 12.1 Å². The van der Waals surface area contributed by atoms with Crippen LogP contribution in [0.1, 0.15) is 26.6 Å². The molecule has 0 radical (unpaired) electrons. The van der Waals surface area contributed by atoms with Crippen molar-refractivity contribution >= 4 is 5.82 Å². The van der Waals surface area contributed by atoms with Crippen LogP contribution in [0.4, 0.5) is 5.82 Å². The minimum atomic E-state index is -0.0850. The Hall–Kier alpha value is -1.97. The van der Waals surface area contributed by atoms with Crippen molar-refractivity contribution in [3.8, 4) is 17.0 Å². The average Bonchev–Trinajstić information content (AvgIpc) is 2.64. The highest BCUT2D eigenvalue weighted by Gasteiger charge is 2.22. The van der Waals surface area contributed by atoms with Crippen LogP contribution in [0.15, 0.2) is 24.3 Å². The van der Waals surface area contributed by atoms with Gasteiger partial charge in [-0.2, -0.15) is 0 Å². The molecule has 0 aliphatic rings. The third kappa shape index (κ3) is 2.43. The standard InChI is InChI=1S/C15H21N3O/c1-10-17-13(14(16)18(10)15(2,3)4)11-7-6-8-12(9-11)19-5/h6-9H,16H2,1-5H3. The topological polar surface area (TPSA) is 53.1 Å². The Kier molecular flexibility index (Phi) is 3.27. The summed E-state index contributed by atoms with van der Waals surface area (Å²) in [4.78, 5) is 4.60. The molecule has 1 aromatic carbocycles. The van der Waals surface area contributed by atoms with E-state index in [0.29, 0.717) is 5.82 Å². The van der Waals surface area contributed by atoms with E-state index in [1.54, 1.807) is 7.11 Å². The maximum absolute atomic E-state index is 6.27. The Labute approximate surface area is 114 Å². The van der Waals surface area contributed by atoms with E-state index in [0.717, 1.165) is 22.8 Å². The fourth-order valence-corrected chi connectivity index (χ4v) is 2.38. The van der Waals surface area contributed by atoms with Crippen molar-refractivity contribution < 1.29 is 4.74 Å². The zero-order valence-corrected chi connectivity index (χ0v) is 12.2. The third-order valence-corrected chi connectivity index (χ3v) is 3.09. The van der Waals surface area contributed by atoms with E-state index >= 15 is 0 Å². The van der Waals surface area contributed by atoms with Crippen LogP contribution in [-0.2, 0) is 5.54 Å². The number of benzene rings is 1. The van der Waals surface area contributed by atoms with Gasteiger partial charge in [-0.3, -0.25) is 0 Å². The molecule has 0 aliphatic heterocycles. The number of anilines is 1. The minimum absolute atomic E-state index is 0.0850. The summed E-state index contributed by atoms with van der Waals surface area (Å²) < 4.78 is 7.30. The number of imidazole rings is 1. The number of rotatable bonds is 2. The lowest BCUT2D eigenvalue weighted by Crippen LogP contribution is -2.24. The molecule has 4 nitrogen and oxygen atoms in total. The van der Waals surface area contributed by atoms with Crippen LogP contribution in [0.25, 0.3) is 11.3 Å². The zero-order chi connectivity index (χ0) is 14.2. The number of nitrogens with two attached hydrogens (primary N) is 1. The highest BCUT2D eigenvalue weighted by Crippen LogP contribution is 2.32. The van der Waals surface area contributed by atoms with Crippen molar-refractivity contribution in [3.05, 3.63) is 30.1 Å². The number of hydrogen-bond acceptors (Lipinski definition) is 3. The van der Waals surface area contributed by atoms with Gasteiger partial charge in [-0.25, -0.2) is 4.98 Å². The van der Waals surface area contributed by atoms with Crippen molar-refractivity contribution in [3.63, 3.8) is 0 Å². The minimum Gasteiger partial charge on any atom is -0.497 e.